The van der Waals surface area contributed by atoms with Crippen LogP contribution in [0.15, 0.2) is 36.4 Å². The second-order valence-electron chi connectivity index (χ2n) is 7.26. The summed E-state index contributed by atoms with van der Waals surface area (Å²) in [6, 6.07) is 13.3. The molecular formula is C20H27N3O. The largest absolute Gasteiger partial charge is 0.391 e. The van der Waals surface area contributed by atoms with Crippen LogP contribution < -0.4 is 5.32 Å². The number of nitrogens with one attached hydrogen (secondary N) is 1. The first-order chi connectivity index (χ1) is 11.8. The van der Waals surface area contributed by atoms with E-state index in [-0.39, 0.29) is 6.10 Å². The summed E-state index contributed by atoms with van der Waals surface area (Å²) in [5.74, 6) is 0.977. The van der Waals surface area contributed by atoms with Gasteiger partial charge in [0.05, 0.1) is 11.6 Å². The Kier molecular flexibility index (Phi) is 4.67. The molecule has 1 saturated heterocycles. The molecule has 0 radical (unpaired) electrons. The molecule has 128 valence electrons. The van der Waals surface area contributed by atoms with E-state index in [1.165, 1.54) is 18.2 Å². The summed E-state index contributed by atoms with van der Waals surface area (Å²) >= 11 is 0. The molecule has 24 heavy (non-hydrogen) atoms. The highest BCUT2D eigenvalue weighted by Crippen LogP contribution is 2.26. The van der Waals surface area contributed by atoms with E-state index in [0.29, 0.717) is 12.1 Å². The average Bonchev–Trinajstić information content (AvgIpc) is 2.63. The number of fused-ring (bicyclic) bond motifs is 1. The molecule has 2 unspecified atom stereocenters. The van der Waals surface area contributed by atoms with Crippen LogP contribution in [0.1, 0.15) is 38.5 Å². The van der Waals surface area contributed by atoms with Gasteiger partial charge in [-0.05, 0) is 43.9 Å². The van der Waals surface area contributed by atoms with Gasteiger partial charge < -0.3 is 10.4 Å². The summed E-state index contributed by atoms with van der Waals surface area (Å²) in [5, 5.41) is 15.0. The van der Waals surface area contributed by atoms with E-state index in [1.54, 1.807) is 0 Å². The van der Waals surface area contributed by atoms with Crippen molar-refractivity contribution in [1.82, 2.24) is 9.88 Å². The zero-order valence-electron chi connectivity index (χ0n) is 14.2. The molecule has 2 N–H and O–H groups in total. The van der Waals surface area contributed by atoms with E-state index in [1.807, 2.05) is 12.1 Å². The van der Waals surface area contributed by atoms with Crippen LogP contribution >= 0.6 is 0 Å². The lowest BCUT2D eigenvalue weighted by Gasteiger charge is -2.41. The van der Waals surface area contributed by atoms with Gasteiger partial charge in [0, 0.05) is 30.6 Å². The van der Waals surface area contributed by atoms with Crippen LogP contribution in [0, 0.1) is 0 Å². The van der Waals surface area contributed by atoms with Crippen molar-refractivity contribution in [2.45, 2.75) is 56.7 Å². The van der Waals surface area contributed by atoms with Gasteiger partial charge in [-0.2, -0.15) is 0 Å². The summed E-state index contributed by atoms with van der Waals surface area (Å²) in [6.07, 6.45) is 6.71. The topological polar surface area (TPSA) is 48.4 Å². The second kappa shape index (κ2) is 7.08. The highest BCUT2D eigenvalue weighted by Gasteiger charge is 2.31. The number of para-hydroxylation sites is 1. The van der Waals surface area contributed by atoms with Gasteiger partial charge in [0.1, 0.15) is 5.82 Å². The molecule has 1 saturated carbocycles. The maximum absolute atomic E-state index is 10.3. The Morgan fingerprint density at radius 2 is 1.75 bits per heavy atom. The molecule has 2 fully saturated rings. The zero-order valence-corrected chi connectivity index (χ0v) is 14.2. The number of hydrogen-bond donors (Lipinski definition) is 2. The van der Waals surface area contributed by atoms with Crippen molar-refractivity contribution < 1.29 is 5.11 Å². The van der Waals surface area contributed by atoms with Crippen LogP contribution in [-0.2, 0) is 0 Å². The van der Waals surface area contributed by atoms with Crippen molar-refractivity contribution in [2.24, 2.45) is 0 Å². The van der Waals surface area contributed by atoms with Crippen LogP contribution in [0.2, 0.25) is 0 Å². The number of rotatable bonds is 3. The molecule has 1 aromatic carbocycles. The first kappa shape index (κ1) is 15.9. The first-order valence-electron chi connectivity index (χ1n) is 9.34. The smallest absolute Gasteiger partial charge is 0.126 e. The molecule has 1 aliphatic heterocycles. The number of pyridine rings is 1. The van der Waals surface area contributed by atoms with Crippen molar-refractivity contribution in [3.05, 3.63) is 36.4 Å². The van der Waals surface area contributed by atoms with E-state index in [0.717, 1.165) is 50.1 Å². The number of nitrogens with zero attached hydrogens (tertiary/aromatic N) is 2. The third-order valence-corrected chi connectivity index (χ3v) is 5.64. The van der Waals surface area contributed by atoms with Gasteiger partial charge >= 0.3 is 0 Å². The summed E-state index contributed by atoms with van der Waals surface area (Å²) in [7, 11) is 0. The molecule has 2 aliphatic rings. The molecule has 2 aromatic rings. The fraction of sp³-hybridized carbons (Fsp3) is 0.550. The SMILES string of the molecule is OC1CCCCC1N1CCC(Nc2ccc3ccccc3n2)CC1. The summed E-state index contributed by atoms with van der Waals surface area (Å²) in [5.41, 5.74) is 1.05. The average molecular weight is 325 g/mol. The predicted molar refractivity (Wildman–Crippen MR) is 98.2 cm³/mol. The van der Waals surface area contributed by atoms with Gasteiger partial charge in [0.25, 0.3) is 0 Å². The lowest BCUT2D eigenvalue weighted by Crippen LogP contribution is -2.50. The number of aliphatic hydroxyl groups is 1. The normalized spacial score (nSPS) is 26.5. The molecular weight excluding hydrogens is 298 g/mol. The van der Waals surface area contributed by atoms with E-state index in [4.69, 9.17) is 4.98 Å². The molecule has 4 nitrogen and oxygen atoms in total. The van der Waals surface area contributed by atoms with E-state index < -0.39 is 0 Å². The number of aliphatic hydroxyl groups excluding tert-OH is 1. The fourth-order valence-corrected chi connectivity index (χ4v) is 4.25. The maximum Gasteiger partial charge on any atom is 0.126 e. The van der Waals surface area contributed by atoms with Gasteiger partial charge in [-0.15, -0.1) is 0 Å². The van der Waals surface area contributed by atoms with E-state index in [9.17, 15) is 5.11 Å². The number of likely N-dealkylation sites (tertiary alicyclic amines) is 1. The molecule has 1 aromatic heterocycles. The predicted octanol–water partition coefficient (Wildman–Crippen LogP) is 3.41. The van der Waals surface area contributed by atoms with Crippen LogP contribution in [-0.4, -0.2) is 46.3 Å². The summed E-state index contributed by atoms with van der Waals surface area (Å²) in [6.45, 7) is 2.15. The minimum atomic E-state index is -0.120. The highest BCUT2D eigenvalue weighted by molar-refractivity contribution is 5.80. The quantitative estimate of drug-likeness (QED) is 0.908. The van der Waals surface area contributed by atoms with Crippen molar-refractivity contribution in [3.8, 4) is 0 Å². The van der Waals surface area contributed by atoms with Crippen molar-refractivity contribution in [3.63, 3.8) is 0 Å². The van der Waals surface area contributed by atoms with Crippen molar-refractivity contribution >= 4 is 16.7 Å². The van der Waals surface area contributed by atoms with E-state index >= 15 is 0 Å². The van der Waals surface area contributed by atoms with Gasteiger partial charge in [-0.1, -0.05) is 31.0 Å². The van der Waals surface area contributed by atoms with Gasteiger partial charge in [0.15, 0.2) is 0 Å². The van der Waals surface area contributed by atoms with Gasteiger partial charge in [0.2, 0.25) is 0 Å². The number of hydrogen-bond acceptors (Lipinski definition) is 4. The third kappa shape index (κ3) is 3.40. The molecule has 2 atom stereocenters. The second-order valence-corrected chi connectivity index (χ2v) is 7.26. The lowest BCUT2D eigenvalue weighted by molar-refractivity contribution is 0.00992. The summed E-state index contributed by atoms with van der Waals surface area (Å²) < 4.78 is 0. The van der Waals surface area contributed by atoms with Gasteiger partial charge in [-0.3, -0.25) is 4.90 Å². The van der Waals surface area contributed by atoms with Crippen LogP contribution in [0.3, 0.4) is 0 Å². The van der Waals surface area contributed by atoms with Crippen LogP contribution in [0.5, 0.6) is 0 Å². The highest BCUT2D eigenvalue weighted by atomic mass is 16.3. The minimum Gasteiger partial charge on any atom is -0.391 e. The maximum atomic E-state index is 10.3. The number of benzene rings is 1. The van der Waals surface area contributed by atoms with E-state index in [2.05, 4.69) is 34.5 Å². The Bertz CT molecular complexity index is 681. The summed E-state index contributed by atoms with van der Waals surface area (Å²) in [4.78, 5) is 7.24. The molecule has 0 bridgehead atoms. The Hall–Kier alpha value is -1.65. The third-order valence-electron chi connectivity index (χ3n) is 5.64. The van der Waals surface area contributed by atoms with Gasteiger partial charge in [-0.25, -0.2) is 4.98 Å². The Labute approximate surface area is 143 Å². The molecule has 1 aliphatic carbocycles. The van der Waals surface area contributed by atoms with Crippen LogP contribution in [0.4, 0.5) is 5.82 Å². The Balaban J connectivity index is 1.35. The molecule has 4 heteroatoms. The molecule has 0 spiro atoms. The van der Waals surface area contributed by atoms with Crippen molar-refractivity contribution in [2.75, 3.05) is 18.4 Å². The first-order valence-corrected chi connectivity index (χ1v) is 9.34. The standard InChI is InChI=1S/C20H27N3O/c24-19-8-4-3-7-18(19)23-13-11-16(12-14-23)21-20-10-9-15-5-1-2-6-17(15)22-20/h1-2,5-6,9-10,16,18-19,24H,3-4,7-8,11-14H2,(H,21,22). The molecule has 0 amide bonds. The molecule has 4 rings (SSSR count). The Morgan fingerprint density at radius 3 is 2.58 bits per heavy atom. The zero-order chi connectivity index (χ0) is 16.4. The van der Waals surface area contributed by atoms with Crippen LogP contribution in [0.25, 0.3) is 10.9 Å². The number of aromatic nitrogens is 1. The van der Waals surface area contributed by atoms with Crippen molar-refractivity contribution in [1.29, 1.82) is 0 Å². The fourth-order valence-electron chi connectivity index (χ4n) is 4.25. The number of piperidine rings is 1. The molecule has 2 heterocycles. The minimum absolute atomic E-state index is 0.120. The lowest BCUT2D eigenvalue weighted by atomic mass is 9.89. The number of anilines is 1. The monoisotopic (exact) mass is 325 g/mol. The Morgan fingerprint density at radius 1 is 0.958 bits per heavy atom.